The molecule has 6 aliphatic heterocycles. The quantitative estimate of drug-likeness (QED) is 0.454. The summed E-state index contributed by atoms with van der Waals surface area (Å²) < 4.78 is 39.2. The zero-order chi connectivity index (χ0) is 24.9. The van der Waals surface area contributed by atoms with E-state index in [-0.39, 0.29) is 67.5 Å². The lowest BCUT2D eigenvalue weighted by Crippen LogP contribution is -2.61. The van der Waals surface area contributed by atoms with Crippen molar-refractivity contribution >= 4 is 21.9 Å². The smallest absolute Gasteiger partial charge is 0.338 e. The Bertz CT molecular complexity index is 974. The molecule has 6 aliphatic rings. The molecule has 7 rings (SSSR count). The Labute approximate surface area is 219 Å². The molecule has 0 saturated carbocycles. The number of rotatable bonds is 9. The summed E-state index contributed by atoms with van der Waals surface area (Å²) >= 11 is 3.43. The number of ether oxygens (including phenoxy) is 6. The third kappa shape index (κ3) is 4.68. The summed E-state index contributed by atoms with van der Waals surface area (Å²) in [4.78, 5) is 12.7. The van der Waals surface area contributed by atoms with Crippen LogP contribution in [0.15, 0.2) is 41.4 Å². The number of hydrogen-bond donors (Lipinski definition) is 1. The molecule has 0 aromatic heterocycles. The molecule has 36 heavy (non-hydrogen) atoms. The van der Waals surface area contributed by atoms with Gasteiger partial charge < -0.3 is 33.5 Å². The summed E-state index contributed by atoms with van der Waals surface area (Å²) in [7, 11) is 0. The van der Waals surface area contributed by atoms with Crippen LogP contribution in [0.4, 0.5) is 0 Å². The molecule has 8 nitrogen and oxygen atoms in total. The minimum Gasteiger partial charge on any atom is -0.458 e. The Morgan fingerprint density at radius 2 is 1.81 bits per heavy atom. The topological polar surface area (TPSA) is 92.7 Å². The first-order valence-corrected chi connectivity index (χ1v) is 13.8. The van der Waals surface area contributed by atoms with Crippen LogP contribution in [0.5, 0.6) is 0 Å². The van der Waals surface area contributed by atoms with Gasteiger partial charge in [-0.1, -0.05) is 40.7 Å². The molecule has 6 bridgehead atoms. The molecule has 10 atom stereocenters. The molecule has 1 unspecified atom stereocenters. The normalized spacial score (nSPS) is 40.9. The molecule has 6 saturated heterocycles. The largest absolute Gasteiger partial charge is 0.458 e. The van der Waals surface area contributed by atoms with E-state index in [4.69, 9.17) is 28.4 Å². The minimum atomic E-state index is -0.847. The fraction of sp³-hybridized carbons (Fsp3) is 0.667. The van der Waals surface area contributed by atoms with E-state index in [9.17, 15) is 9.90 Å². The van der Waals surface area contributed by atoms with Gasteiger partial charge in [0, 0.05) is 25.9 Å². The molecule has 0 spiro atoms. The van der Waals surface area contributed by atoms with E-state index in [1.807, 2.05) is 18.2 Å². The molecular weight excluding hydrogens is 532 g/mol. The third-order valence-corrected chi connectivity index (χ3v) is 8.38. The average Bonchev–Trinajstić information content (AvgIpc) is 3.28. The van der Waals surface area contributed by atoms with Crippen LogP contribution in [0.2, 0.25) is 0 Å². The van der Waals surface area contributed by atoms with E-state index < -0.39 is 5.79 Å². The summed E-state index contributed by atoms with van der Waals surface area (Å²) in [5.41, 5.74) is 0.516. The fourth-order valence-electron chi connectivity index (χ4n) is 6.46. The van der Waals surface area contributed by atoms with Gasteiger partial charge in [-0.15, -0.1) is 0 Å². The zero-order valence-corrected chi connectivity index (χ0v) is 21.7. The number of aliphatic hydroxyl groups excluding tert-OH is 1. The van der Waals surface area contributed by atoms with E-state index >= 15 is 0 Å². The minimum absolute atomic E-state index is 0.0148. The lowest BCUT2D eigenvalue weighted by molar-refractivity contribution is -0.293. The number of carbonyl (C=O) groups excluding carboxylic acids is 1. The van der Waals surface area contributed by atoms with Gasteiger partial charge in [0.15, 0.2) is 5.79 Å². The number of carbonyl (C=O) groups is 1. The molecule has 0 aliphatic carbocycles. The molecule has 9 heteroatoms. The Balaban J connectivity index is 1.18. The van der Waals surface area contributed by atoms with Crippen LogP contribution in [0.3, 0.4) is 0 Å². The van der Waals surface area contributed by atoms with Crippen LogP contribution in [-0.2, 0) is 28.4 Å². The van der Waals surface area contributed by atoms with Crippen molar-refractivity contribution in [2.24, 2.45) is 0 Å². The van der Waals surface area contributed by atoms with Crippen molar-refractivity contribution in [1.82, 2.24) is 0 Å². The molecule has 0 amide bonds. The second-order valence-corrected chi connectivity index (χ2v) is 11.6. The predicted octanol–water partition coefficient (Wildman–Crippen LogP) is 3.64. The summed E-state index contributed by atoms with van der Waals surface area (Å²) in [5.74, 6) is -1.21. The molecule has 1 aromatic rings. The van der Waals surface area contributed by atoms with Gasteiger partial charge in [-0.2, -0.15) is 0 Å². The Morgan fingerprint density at radius 3 is 2.58 bits per heavy atom. The van der Waals surface area contributed by atoms with Gasteiger partial charge in [0.05, 0.1) is 23.9 Å². The number of halogens is 1. The van der Waals surface area contributed by atoms with Crippen molar-refractivity contribution < 1.29 is 38.3 Å². The van der Waals surface area contributed by atoms with Crippen molar-refractivity contribution in [3.63, 3.8) is 0 Å². The second kappa shape index (κ2) is 10.1. The van der Waals surface area contributed by atoms with Gasteiger partial charge in [0.2, 0.25) is 0 Å². The standard InChI is InChI=1S/C27H33BrO8/c1-15(28)13-18(32-26(30)16-5-3-2-4-6-16)9-11-27-14-20-22(35-27)23-24(34-20)25(36-27)21-19(33-23)8-7-17(31-21)10-12-29/h2-6,17-25,29H,1,7-14H2/t17-,18?,19+,20-,21+,22+,23+,24-,25+,27+/m1/s1. The van der Waals surface area contributed by atoms with E-state index in [1.54, 1.807) is 12.1 Å². The molecule has 6 heterocycles. The third-order valence-electron chi connectivity index (χ3n) is 8.06. The van der Waals surface area contributed by atoms with E-state index in [2.05, 4.69) is 22.5 Å². The van der Waals surface area contributed by atoms with Crippen LogP contribution in [0.25, 0.3) is 0 Å². The summed E-state index contributed by atoms with van der Waals surface area (Å²) in [6, 6.07) is 8.99. The van der Waals surface area contributed by atoms with Crippen LogP contribution < -0.4 is 0 Å². The van der Waals surface area contributed by atoms with Gasteiger partial charge in [-0.25, -0.2) is 4.79 Å². The molecule has 6 fully saturated rings. The number of benzene rings is 1. The first kappa shape index (κ1) is 25.0. The van der Waals surface area contributed by atoms with E-state index in [0.717, 1.165) is 17.3 Å². The fourth-order valence-corrected chi connectivity index (χ4v) is 6.82. The highest BCUT2D eigenvalue weighted by Crippen LogP contribution is 2.54. The maximum atomic E-state index is 12.7. The number of fused-ring (bicyclic) bond motifs is 1. The maximum Gasteiger partial charge on any atom is 0.338 e. The van der Waals surface area contributed by atoms with Crippen LogP contribution in [0.1, 0.15) is 55.3 Å². The van der Waals surface area contributed by atoms with Gasteiger partial charge in [-0.05, 0) is 42.3 Å². The molecule has 0 radical (unpaired) electrons. The van der Waals surface area contributed by atoms with Crippen LogP contribution >= 0.6 is 15.9 Å². The molecule has 1 N–H and O–H groups in total. The van der Waals surface area contributed by atoms with Crippen molar-refractivity contribution in [3.8, 4) is 0 Å². The second-order valence-electron chi connectivity index (χ2n) is 10.5. The average molecular weight is 565 g/mol. The SMILES string of the molecule is C=C(Br)CC(CC[C@@]12C[C@H]3O[C@H]4[C@@H](O1)[C@H]1O[C@@H](CCO)CC[C@@H]1O[C@H]4[C@H]3O2)OC(=O)c1ccccc1. The first-order valence-electron chi connectivity index (χ1n) is 13.0. The zero-order valence-electron chi connectivity index (χ0n) is 20.1. The summed E-state index contributed by atoms with van der Waals surface area (Å²) in [6.45, 7) is 4.05. The lowest BCUT2D eigenvalue weighted by Gasteiger charge is -2.47. The van der Waals surface area contributed by atoms with Gasteiger partial charge in [0.25, 0.3) is 0 Å². The highest BCUT2D eigenvalue weighted by molar-refractivity contribution is 9.11. The van der Waals surface area contributed by atoms with Crippen molar-refractivity contribution in [2.45, 2.75) is 106 Å². The van der Waals surface area contributed by atoms with Crippen LogP contribution in [-0.4, -0.2) is 78.4 Å². The summed E-state index contributed by atoms with van der Waals surface area (Å²) in [5, 5.41) is 9.42. The molecule has 1 aromatic carbocycles. The van der Waals surface area contributed by atoms with Gasteiger partial charge in [0.1, 0.15) is 36.6 Å². The van der Waals surface area contributed by atoms with E-state index in [1.165, 1.54) is 0 Å². The maximum absolute atomic E-state index is 12.7. The highest BCUT2D eigenvalue weighted by Gasteiger charge is 2.68. The van der Waals surface area contributed by atoms with Crippen molar-refractivity contribution in [2.75, 3.05) is 6.61 Å². The number of esters is 1. The summed E-state index contributed by atoms with van der Waals surface area (Å²) in [6.07, 6.45) is 2.84. The number of hydrogen-bond acceptors (Lipinski definition) is 8. The highest BCUT2D eigenvalue weighted by atomic mass is 79.9. The van der Waals surface area contributed by atoms with E-state index in [0.29, 0.717) is 37.7 Å². The van der Waals surface area contributed by atoms with Gasteiger partial charge in [-0.3, -0.25) is 0 Å². The Kier molecular flexibility index (Phi) is 7.00. The predicted molar refractivity (Wildman–Crippen MR) is 132 cm³/mol. The molecular formula is C27H33BrO8. The molecule has 196 valence electrons. The monoisotopic (exact) mass is 564 g/mol. The Morgan fingerprint density at radius 1 is 1.06 bits per heavy atom. The Hall–Kier alpha value is -1.33. The first-order chi connectivity index (χ1) is 17.4. The van der Waals surface area contributed by atoms with Gasteiger partial charge >= 0.3 is 5.97 Å². The van der Waals surface area contributed by atoms with Crippen LogP contribution in [0, 0.1) is 0 Å². The van der Waals surface area contributed by atoms with Crippen molar-refractivity contribution in [3.05, 3.63) is 47.0 Å². The number of aliphatic hydroxyl groups is 1. The van der Waals surface area contributed by atoms with Crippen molar-refractivity contribution in [1.29, 1.82) is 0 Å². The lowest BCUT2D eigenvalue weighted by atomic mass is 9.87.